The average molecular weight is 276 g/mol. The van der Waals surface area contributed by atoms with Crippen molar-refractivity contribution in [1.29, 1.82) is 0 Å². The SMILES string of the molecule is CN(C)C(=S)N/N=C/c1nccc2cc(F)ccc12. The van der Waals surface area contributed by atoms with Gasteiger partial charge in [0.15, 0.2) is 5.11 Å². The number of nitrogens with zero attached hydrogens (tertiary/aromatic N) is 3. The highest BCUT2D eigenvalue weighted by molar-refractivity contribution is 7.80. The molecule has 0 saturated heterocycles. The second-order valence-electron chi connectivity index (χ2n) is 4.13. The van der Waals surface area contributed by atoms with Crippen molar-refractivity contribution >= 4 is 34.3 Å². The molecule has 4 nitrogen and oxygen atoms in total. The van der Waals surface area contributed by atoms with E-state index in [1.807, 2.05) is 14.1 Å². The summed E-state index contributed by atoms with van der Waals surface area (Å²) < 4.78 is 13.1. The molecule has 0 spiro atoms. The van der Waals surface area contributed by atoms with Crippen molar-refractivity contribution in [2.75, 3.05) is 14.1 Å². The standard InChI is InChI=1S/C13H13FN4S/c1-18(2)13(19)17-16-8-12-11-4-3-10(14)7-9(11)5-6-15-12/h3-8H,1-2H3,(H,17,19)/b16-8+. The topological polar surface area (TPSA) is 40.5 Å². The highest BCUT2D eigenvalue weighted by Crippen LogP contribution is 2.16. The van der Waals surface area contributed by atoms with Gasteiger partial charge in [-0.1, -0.05) is 0 Å². The van der Waals surface area contributed by atoms with E-state index >= 15 is 0 Å². The molecule has 6 heteroatoms. The van der Waals surface area contributed by atoms with Crippen LogP contribution in [0.25, 0.3) is 10.8 Å². The molecule has 0 atom stereocenters. The Morgan fingerprint density at radius 1 is 1.42 bits per heavy atom. The molecule has 0 fully saturated rings. The van der Waals surface area contributed by atoms with E-state index in [0.717, 1.165) is 10.8 Å². The van der Waals surface area contributed by atoms with E-state index in [0.29, 0.717) is 10.8 Å². The molecule has 0 unspecified atom stereocenters. The molecule has 2 rings (SSSR count). The second-order valence-corrected chi connectivity index (χ2v) is 4.52. The molecule has 2 aromatic rings. The first-order valence-corrected chi connectivity index (χ1v) is 6.03. The fraction of sp³-hybridized carbons (Fsp3) is 0.154. The van der Waals surface area contributed by atoms with Crippen LogP contribution in [-0.4, -0.2) is 35.3 Å². The number of hydrazone groups is 1. The number of aromatic nitrogens is 1. The molecule has 0 saturated carbocycles. The van der Waals surface area contributed by atoms with Gasteiger partial charge in [0.25, 0.3) is 0 Å². The number of hydrogen-bond acceptors (Lipinski definition) is 3. The van der Waals surface area contributed by atoms with E-state index in [1.165, 1.54) is 12.1 Å². The predicted molar refractivity (Wildman–Crippen MR) is 78.7 cm³/mol. The molecule has 1 aromatic heterocycles. The van der Waals surface area contributed by atoms with Gasteiger partial charge in [-0.05, 0) is 41.9 Å². The van der Waals surface area contributed by atoms with E-state index in [4.69, 9.17) is 12.2 Å². The van der Waals surface area contributed by atoms with Crippen LogP contribution in [0.3, 0.4) is 0 Å². The molecule has 0 bridgehead atoms. The molecule has 0 aliphatic rings. The third-order valence-corrected chi connectivity index (χ3v) is 2.97. The molecule has 1 aromatic carbocycles. The van der Waals surface area contributed by atoms with Crippen molar-refractivity contribution in [3.05, 3.63) is 42.0 Å². The van der Waals surface area contributed by atoms with Gasteiger partial charge in [0.05, 0.1) is 11.9 Å². The normalized spacial score (nSPS) is 10.9. The Morgan fingerprint density at radius 2 is 2.21 bits per heavy atom. The number of rotatable bonds is 2. The van der Waals surface area contributed by atoms with Gasteiger partial charge < -0.3 is 4.90 Å². The van der Waals surface area contributed by atoms with Crippen molar-refractivity contribution in [2.24, 2.45) is 5.10 Å². The van der Waals surface area contributed by atoms with E-state index in [2.05, 4.69) is 15.5 Å². The summed E-state index contributed by atoms with van der Waals surface area (Å²) in [4.78, 5) is 5.94. The Labute approximate surface area is 115 Å². The fourth-order valence-electron chi connectivity index (χ4n) is 1.52. The number of pyridine rings is 1. The number of thiocarbonyl (C=S) groups is 1. The number of nitrogens with one attached hydrogen (secondary N) is 1. The minimum atomic E-state index is -0.270. The zero-order chi connectivity index (χ0) is 13.8. The number of hydrogen-bond donors (Lipinski definition) is 1. The van der Waals surface area contributed by atoms with Gasteiger partial charge in [0.2, 0.25) is 0 Å². The summed E-state index contributed by atoms with van der Waals surface area (Å²) in [5, 5.41) is 6.15. The summed E-state index contributed by atoms with van der Waals surface area (Å²) in [5.74, 6) is -0.270. The van der Waals surface area contributed by atoms with Crippen LogP contribution in [0.15, 0.2) is 35.6 Å². The maximum absolute atomic E-state index is 13.1. The van der Waals surface area contributed by atoms with Crippen molar-refractivity contribution in [3.8, 4) is 0 Å². The van der Waals surface area contributed by atoms with E-state index in [1.54, 1.807) is 29.4 Å². The van der Waals surface area contributed by atoms with Crippen LogP contribution >= 0.6 is 12.2 Å². The van der Waals surface area contributed by atoms with Crippen LogP contribution < -0.4 is 5.43 Å². The van der Waals surface area contributed by atoms with Crippen LogP contribution in [-0.2, 0) is 0 Å². The highest BCUT2D eigenvalue weighted by atomic mass is 32.1. The number of fused-ring (bicyclic) bond motifs is 1. The monoisotopic (exact) mass is 276 g/mol. The second kappa shape index (κ2) is 5.71. The summed E-state index contributed by atoms with van der Waals surface area (Å²) in [5.41, 5.74) is 3.38. The molecule has 0 aliphatic heterocycles. The molecular formula is C13H13FN4S. The van der Waals surface area contributed by atoms with Crippen LogP contribution in [0, 0.1) is 5.82 Å². The van der Waals surface area contributed by atoms with Crippen LogP contribution in [0.5, 0.6) is 0 Å². The van der Waals surface area contributed by atoms with Gasteiger partial charge in [0.1, 0.15) is 5.82 Å². The maximum Gasteiger partial charge on any atom is 0.189 e. The largest absolute Gasteiger partial charge is 0.354 e. The average Bonchev–Trinajstić information content (AvgIpc) is 2.38. The molecule has 19 heavy (non-hydrogen) atoms. The van der Waals surface area contributed by atoms with Gasteiger partial charge in [-0.3, -0.25) is 10.4 Å². The minimum Gasteiger partial charge on any atom is -0.354 e. The lowest BCUT2D eigenvalue weighted by molar-refractivity contribution is 0.606. The molecule has 0 aliphatic carbocycles. The lowest BCUT2D eigenvalue weighted by atomic mass is 10.1. The minimum absolute atomic E-state index is 0.270. The summed E-state index contributed by atoms with van der Waals surface area (Å²) in [7, 11) is 3.65. The number of halogens is 1. The zero-order valence-corrected chi connectivity index (χ0v) is 11.4. The quantitative estimate of drug-likeness (QED) is 0.518. The third-order valence-electron chi connectivity index (χ3n) is 2.51. The Bertz CT molecular complexity index is 640. The lowest BCUT2D eigenvalue weighted by Crippen LogP contribution is -2.30. The van der Waals surface area contributed by atoms with E-state index < -0.39 is 0 Å². The van der Waals surface area contributed by atoms with Gasteiger partial charge in [-0.15, -0.1) is 0 Å². The number of benzene rings is 1. The first-order chi connectivity index (χ1) is 9.08. The van der Waals surface area contributed by atoms with Crippen molar-refractivity contribution in [1.82, 2.24) is 15.3 Å². The molecule has 98 valence electrons. The molecule has 0 radical (unpaired) electrons. The van der Waals surface area contributed by atoms with Crippen molar-refractivity contribution in [2.45, 2.75) is 0 Å². The third kappa shape index (κ3) is 3.23. The first-order valence-electron chi connectivity index (χ1n) is 5.62. The molecule has 1 heterocycles. The van der Waals surface area contributed by atoms with Crippen LogP contribution in [0.4, 0.5) is 4.39 Å². The van der Waals surface area contributed by atoms with Gasteiger partial charge >= 0.3 is 0 Å². The fourth-order valence-corrected chi connectivity index (χ4v) is 1.58. The Balaban J connectivity index is 2.26. The van der Waals surface area contributed by atoms with Gasteiger partial charge in [0, 0.05) is 25.7 Å². The molecule has 0 amide bonds. The van der Waals surface area contributed by atoms with Crippen LogP contribution in [0.2, 0.25) is 0 Å². The molecular weight excluding hydrogens is 263 g/mol. The van der Waals surface area contributed by atoms with Gasteiger partial charge in [-0.2, -0.15) is 5.10 Å². The first kappa shape index (κ1) is 13.4. The van der Waals surface area contributed by atoms with Crippen molar-refractivity contribution < 1.29 is 4.39 Å². The van der Waals surface area contributed by atoms with Gasteiger partial charge in [-0.25, -0.2) is 4.39 Å². The Hall–Kier alpha value is -2.08. The Morgan fingerprint density at radius 3 is 2.95 bits per heavy atom. The Kier molecular flexibility index (Phi) is 4.01. The summed E-state index contributed by atoms with van der Waals surface area (Å²) in [6, 6.07) is 6.31. The summed E-state index contributed by atoms with van der Waals surface area (Å²) in [6.07, 6.45) is 3.18. The predicted octanol–water partition coefficient (Wildman–Crippen LogP) is 2.14. The zero-order valence-electron chi connectivity index (χ0n) is 10.6. The summed E-state index contributed by atoms with van der Waals surface area (Å²) in [6.45, 7) is 0. The van der Waals surface area contributed by atoms with Crippen LogP contribution in [0.1, 0.15) is 5.69 Å². The van der Waals surface area contributed by atoms with Crippen molar-refractivity contribution in [3.63, 3.8) is 0 Å². The molecule has 1 N–H and O–H groups in total. The highest BCUT2D eigenvalue weighted by Gasteiger charge is 2.01. The van der Waals surface area contributed by atoms with E-state index in [9.17, 15) is 4.39 Å². The maximum atomic E-state index is 13.1. The van der Waals surface area contributed by atoms with E-state index in [-0.39, 0.29) is 5.82 Å². The smallest absolute Gasteiger partial charge is 0.189 e. The lowest BCUT2D eigenvalue weighted by Gasteiger charge is -2.11. The summed E-state index contributed by atoms with van der Waals surface area (Å²) >= 11 is 5.04.